The van der Waals surface area contributed by atoms with Crippen molar-refractivity contribution in [3.8, 4) is 5.82 Å². The van der Waals surface area contributed by atoms with Gasteiger partial charge in [-0.3, -0.25) is 4.79 Å². The summed E-state index contributed by atoms with van der Waals surface area (Å²) >= 11 is 0. The van der Waals surface area contributed by atoms with Gasteiger partial charge in [-0.15, -0.1) is 0 Å². The van der Waals surface area contributed by atoms with Crippen molar-refractivity contribution in [1.29, 1.82) is 0 Å². The first kappa shape index (κ1) is 21.9. The molecule has 11 heteroatoms. The Morgan fingerprint density at radius 3 is 2.62 bits per heavy atom. The summed E-state index contributed by atoms with van der Waals surface area (Å²) in [5.74, 6) is 1.76. The van der Waals surface area contributed by atoms with Crippen molar-refractivity contribution in [2.45, 2.75) is 38.5 Å². The third kappa shape index (κ3) is 4.78. The highest BCUT2D eigenvalue weighted by Crippen LogP contribution is 2.25. The van der Waals surface area contributed by atoms with E-state index in [9.17, 15) is 13.2 Å². The number of carbonyl (C=O) groups is 1. The molecule has 0 aliphatic carbocycles. The molecular formula is C21H25N7O3S. The van der Waals surface area contributed by atoms with Gasteiger partial charge in [-0.05, 0) is 57.0 Å². The molecule has 0 radical (unpaired) electrons. The van der Waals surface area contributed by atoms with Crippen molar-refractivity contribution >= 4 is 27.4 Å². The number of hydrogen-bond acceptors (Lipinski definition) is 7. The molecule has 0 bridgehead atoms. The molecule has 1 aromatic carbocycles. The Morgan fingerprint density at radius 2 is 1.88 bits per heavy atom. The van der Waals surface area contributed by atoms with E-state index in [1.807, 2.05) is 19.9 Å². The Labute approximate surface area is 186 Å². The van der Waals surface area contributed by atoms with Gasteiger partial charge in [-0.1, -0.05) is 0 Å². The van der Waals surface area contributed by atoms with Crippen molar-refractivity contribution in [2.75, 3.05) is 23.7 Å². The van der Waals surface area contributed by atoms with Gasteiger partial charge in [0.1, 0.15) is 11.6 Å². The van der Waals surface area contributed by atoms with E-state index in [1.165, 1.54) is 6.07 Å². The number of carbonyl (C=O) groups excluding carboxylic acids is 1. The van der Waals surface area contributed by atoms with Gasteiger partial charge in [0.25, 0.3) is 0 Å². The van der Waals surface area contributed by atoms with Gasteiger partial charge in [-0.25, -0.2) is 27.8 Å². The summed E-state index contributed by atoms with van der Waals surface area (Å²) in [7, 11) is -3.67. The van der Waals surface area contributed by atoms with Gasteiger partial charge in [0.2, 0.25) is 15.9 Å². The number of fused-ring (bicyclic) bond motifs is 1. The maximum Gasteiger partial charge on any atom is 0.240 e. The van der Waals surface area contributed by atoms with E-state index in [0.717, 1.165) is 17.0 Å². The van der Waals surface area contributed by atoms with Gasteiger partial charge in [0.15, 0.2) is 5.82 Å². The highest BCUT2D eigenvalue weighted by atomic mass is 32.2. The molecular weight excluding hydrogens is 430 g/mol. The van der Waals surface area contributed by atoms with Crippen molar-refractivity contribution < 1.29 is 13.2 Å². The summed E-state index contributed by atoms with van der Waals surface area (Å²) in [6.45, 7) is 6.18. The summed E-state index contributed by atoms with van der Waals surface area (Å²) in [6, 6.07) is 8.48. The second kappa shape index (κ2) is 8.67. The molecule has 0 saturated heterocycles. The Kier molecular flexibility index (Phi) is 5.94. The average molecular weight is 456 g/mol. The monoisotopic (exact) mass is 455 g/mol. The second-order valence-electron chi connectivity index (χ2n) is 7.69. The molecule has 3 N–H and O–H groups in total. The molecule has 0 saturated carbocycles. The van der Waals surface area contributed by atoms with Crippen LogP contribution in [0.3, 0.4) is 0 Å². The number of rotatable bonds is 7. The van der Waals surface area contributed by atoms with Crippen LogP contribution in [-0.2, 0) is 21.2 Å². The van der Waals surface area contributed by atoms with Crippen LogP contribution in [0.1, 0.15) is 29.2 Å². The lowest BCUT2D eigenvalue weighted by atomic mass is 10.0. The number of aromatic nitrogens is 4. The Balaban J connectivity index is 1.39. The van der Waals surface area contributed by atoms with Crippen LogP contribution < -0.4 is 15.4 Å². The number of sulfonamides is 1. The Morgan fingerprint density at radius 1 is 1.06 bits per heavy atom. The van der Waals surface area contributed by atoms with Crippen LogP contribution in [0.5, 0.6) is 0 Å². The smallest absolute Gasteiger partial charge is 0.240 e. The number of nitrogens with zero attached hydrogens (tertiary/aromatic N) is 4. The van der Waals surface area contributed by atoms with Gasteiger partial charge in [0, 0.05) is 37.0 Å². The van der Waals surface area contributed by atoms with Crippen LogP contribution >= 0.6 is 0 Å². The number of amides is 1. The normalized spacial score (nSPS) is 13.5. The fraction of sp³-hybridized carbons (Fsp3) is 0.333. The third-order valence-electron chi connectivity index (χ3n) is 5.06. The molecule has 10 nitrogen and oxygen atoms in total. The maximum absolute atomic E-state index is 12.7. The summed E-state index contributed by atoms with van der Waals surface area (Å²) < 4.78 is 29.7. The summed E-state index contributed by atoms with van der Waals surface area (Å²) in [6.07, 6.45) is 0.878. The Bertz CT molecular complexity index is 1280. The fourth-order valence-corrected chi connectivity index (χ4v) is 4.68. The van der Waals surface area contributed by atoms with E-state index in [2.05, 4.69) is 30.4 Å². The van der Waals surface area contributed by atoms with Crippen LogP contribution in [0.25, 0.3) is 5.82 Å². The molecule has 0 fully saturated rings. The predicted molar refractivity (Wildman–Crippen MR) is 120 cm³/mol. The van der Waals surface area contributed by atoms with E-state index in [1.54, 1.807) is 29.8 Å². The first-order valence-corrected chi connectivity index (χ1v) is 11.8. The minimum atomic E-state index is -3.67. The lowest BCUT2D eigenvalue weighted by Gasteiger charge is -2.17. The standard InChI is InChI=1S/C21H25N7O3S/c1-13-10-14(2)28(27-13)20-12-19(24-15(3)25-20)22-8-9-23-32(30,31)17-5-6-18-16(11-17)4-7-21(29)26-18/h5-6,10-12,23H,4,7-9H2,1-3H3,(H,26,29)(H,22,24,25). The van der Waals surface area contributed by atoms with Crippen LogP contribution in [0, 0.1) is 20.8 Å². The average Bonchev–Trinajstić information content (AvgIpc) is 3.08. The molecule has 3 aromatic rings. The van der Waals surface area contributed by atoms with E-state index < -0.39 is 10.0 Å². The molecule has 2 aromatic heterocycles. The highest BCUT2D eigenvalue weighted by Gasteiger charge is 2.19. The fourth-order valence-electron chi connectivity index (χ4n) is 3.60. The lowest BCUT2D eigenvalue weighted by Crippen LogP contribution is -2.29. The number of nitrogens with one attached hydrogen (secondary N) is 3. The molecule has 32 heavy (non-hydrogen) atoms. The van der Waals surface area contributed by atoms with E-state index in [0.29, 0.717) is 42.5 Å². The molecule has 3 heterocycles. The molecule has 1 aliphatic heterocycles. The highest BCUT2D eigenvalue weighted by molar-refractivity contribution is 7.89. The first-order chi connectivity index (χ1) is 15.2. The van der Waals surface area contributed by atoms with Crippen molar-refractivity contribution in [1.82, 2.24) is 24.5 Å². The van der Waals surface area contributed by atoms with Gasteiger partial charge >= 0.3 is 0 Å². The minimum absolute atomic E-state index is 0.0572. The van der Waals surface area contributed by atoms with Gasteiger partial charge in [0.05, 0.1) is 10.6 Å². The number of aryl methyl sites for hydroxylation is 4. The molecule has 1 amide bonds. The summed E-state index contributed by atoms with van der Waals surface area (Å²) in [5, 5.41) is 10.3. The molecule has 1 aliphatic rings. The lowest BCUT2D eigenvalue weighted by molar-refractivity contribution is -0.116. The molecule has 0 atom stereocenters. The maximum atomic E-state index is 12.7. The first-order valence-electron chi connectivity index (χ1n) is 10.3. The van der Waals surface area contributed by atoms with Crippen LogP contribution in [0.4, 0.5) is 11.5 Å². The molecule has 4 rings (SSSR count). The van der Waals surface area contributed by atoms with Crippen LogP contribution in [-0.4, -0.2) is 47.2 Å². The van der Waals surface area contributed by atoms with Gasteiger partial charge < -0.3 is 10.6 Å². The predicted octanol–water partition coefficient (Wildman–Crippen LogP) is 1.86. The van der Waals surface area contributed by atoms with E-state index >= 15 is 0 Å². The largest absolute Gasteiger partial charge is 0.369 e. The topological polar surface area (TPSA) is 131 Å². The zero-order chi connectivity index (χ0) is 22.9. The quantitative estimate of drug-likeness (QED) is 0.464. The third-order valence-corrected chi connectivity index (χ3v) is 6.52. The molecule has 168 valence electrons. The van der Waals surface area contributed by atoms with Crippen molar-refractivity contribution in [3.63, 3.8) is 0 Å². The second-order valence-corrected chi connectivity index (χ2v) is 9.46. The van der Waals surface area contributed by atoms with Crippen LogP contribution in [0.15, 0.2) is 35.2 Å². The zero-order valence-corrected chi connectivity index (χ0v) is 19.0. The van der Waals surface area contributed by atoms with Gasteiger partial charge in [-0.2, -0.15) is 5.10 Å². The zero-order valence-electron chi connectivity index (χ0n) is 18.1. The van der Waals surface area contributed by atoms with Crippen molar-refractivity contribution in [3.05, 3.63) is 53.1 Å². The van der Waals surface area contributed by atoms with E-state index in [-0.39, 0.29) is 17.3 Å². The summed E-state index contributed by atoms with van der Waals surface area (Å²) in [5.41, 5.74) is 3.34. The summed E-state index contributed by atoms with van der Waals surface area (Å²) in [4.78, 5) is 20.5. The van der Waals surface area contributed by atoms with E-state index in [4.69, 9.17) is 0 Å². The minimum Gasteiger partial charge on any atom is -0.369 e. The number of anilines is 2. The number of hydrogen-bond donors (Lipinski definition) is 3. The number of benzene rings is 1. The molecule has 0 spiro atoms. The molecule has 0 unspecified atom stereocenters. The Hall–Kier alpha value is -3.31. The van der Waals surface area contributed by atoms with Crippen LogP contribution in [0.2, 0.25) is 0 Å². The van der Waals surface area contributed by atoms with Crippen molar-refractivity contribution in [2.24, 2.45) is 0 Å². The SMILES string of the molecule is Cc1cc(C)n(-c2cc(NCCNS(=O)(=O)c3ccc4c(c3)CCC(=O)N4)nc(C)n2)n1.